The van der Waals surface area contributed by atoms with Crippen molar-refractivity contribution in [1.82, 2.24) is 9.21 Å². The van der Waals surface area contributed by atoms with Crippen LogP contribution in [0.15, 0.2) is 35.2 Å². The van der Waals surface area contributed by atoms with Crippen LogP contribution in [0, 0.1) is 0 Å². The standard InChI is InChI=1S/C17H26N2O4S2.ClH/c1-2-25(22,23)19-10-8-15(9-11-19)18(14-17(20)21)12-13-24-16-6-4-3-5-7-16;/h3-7,15H,2,8-14H2,1H3,(H,20,21);1H. The Morgan fingerprint density at radius 3 is 2.42 bits per heavy atom. The van der Waals surface area contributed by atoms with Gasteiger partial charge in [0, 0.05) is 36.3 Å². The Morgan fingerprint density at radius 1 is 1.27 bits per heavy atom. The van der Waals surface area contributed by atoms with Crippen molar-refractivity contribution in [2.24, 2.45) is 0 Å². The van der Waals surface area contributed by atoms with Gasteiger partial charge in [0.1, 0.15) is 0 Å². The molecule has 1 aliphatic heterocycles. The SMILES string of the molecule is CCS(=O)(=O)N1CCC(N(CCSc2ccccc2)CC(=O)O)CC1.Cl. The number of aliphatic carboxylic acids is 1. The molecule has 0 saturated carbocycles. The number of carboxylic acid groups (broad SMARTS) is 1. The third kappa shape index (κ3) is 7.08. The van der Waals surface area contributed by atoms with Gasteiger partial charge in [0.2, 0.25) is 10.0 Å². The zero-order chi connectivity index (χ0) is 18.3. The topological polar surface area (TPSA) is 77.9 Å². The second kappa shape index (κ2) is 11.1. The molecule has 1 saturated heterocycles. The molecule has 9 heteroatoms. The van der Waals surface area contributed by atoms with Crippen molar-refractivity contribution in [2.45, 2.75) is 30.7 Å². The number of benzene rings is 1. The molecule has 1 aliphatic rings. The van der Waals surface area contributed by atoms with Crippen LogP contribution in [0.3, 0.4) is 0 Å². The Hall–Kier alpha value is -0.800. The van der Waals surface area contributed by atoms with E-state index in [1.807, 2.05) is 35.2 Å². The first-order valence-corrected chi connectivity index (χ1v) is 11.1. The third-order valence-electron chi connectivity index (χ3n) is 4.43. The van der Waals surface area contributed by atoms with Crippen LogP contribution in [0.25, 0.3) is 0 Å². The fourth-order valence-corrected chi connectivity index (χ4v) is 5.07. The first-order valence-electron chi connectivity index (χ1n) is 8.54. The fourth-order valence-electron chi connectivity index (χ4n) is 3.03. The summed E-state index contributed by atoms with van der Waals surface area (Å²) in [6, 6.07) is 10.2. The molecular weight excluding hydrogens is 396 g/mol. The molecule has 26 heavy (non-hydrogen) atoms. The smallest absolute Gasteiger partial charge is 0.317 e. The average Bonchev–Trinajstić information content (AvgIpc) is 2.61. The number of halogens is 1. The van der Waals surface area contributed by atoms with Gasteiger partial charge in [-0.15, -0.1) is 24.2 Å². The van der Waals surface area contributed by atoms with E-state index in [-0.39, 0.29) is 30.7 Å². The van der Waals surface area contributed by atoms with E-state index >= 15 is 0 Å². The zero-order valence-corrected chi connectivity index (χ0v) is 17.4. The molecule has 1 N–H and O–H groups in total. The molecule has 148 valence electrons. The highest BCUT2D eigenvalue weighted by atomic mass is 35.5. The monoisotopic (exact) mass is 422 g/mol. The Morgan fingerprint density at radius 2 is 1.88 bits per heavy atom. The second-order valence-electron chi connectivity index (χ2n) is 6.06. The minimum atomic E-state index is -3.15. The van der Waals surface area contributed by atoms with Gasteiger partial charge in [0.15, 0.2) is 0 Å². The summed E-state index contributed by atoms with van der Waals surface area (Å²) in [6.45, 7) is 3.28. The molecular formula is C17H27ClN2O4S2. The summed E-state index contributed by atoms with van der Waals surface area (Å²) in [5.74, 6) is 0.0861. The first-order chi connectivity index (χ1) is 11.9. The first kappa shape index (κ1) is 23.2. The molecule has 1 aromatic rings. The highest BCUT2D eigenvalue weighted by molar-refractivity contribution is 7.99. The minimum Gasteiger partial charge on any atom is -0.480 e. The molecule has 0 atom stereocenters. The molecule has 0 radical (unpaired) electrons. The number of carbonyl (C=O) groups is 1. The average molecular weight is 423 g/mol. The van der Waals surface area contributed by atoms with Crippen LogP contribution < -0.4 is 0 Å². The lowest BCUT2D eigenvalue weighted by molar-refractivity contribution is -0.139. The van der Waals surface area contributed by atoms with Crippen LogP contribution in [0.5, 0.6) is 0 Å². The summed E-state index contributed by atoms with van der Waals surface area (Å²) in [4.78, 5) is 14.3. The normalized spacial score (nSPS) is 16.4. The summed E-state index contributed by atoms with van der Waals surface area (Å²) in [5.41, 5.74) is 0. The zero-order valence-electron chi connectivity index (χ0n) is 14.9. The number of carboxylic acids is 1. The van der Waals surface area contributed by atoms with Crippen LogP contribution in [0.2, 0.25) is 0 Å². The van der Waals surface area contributed by atoms with Gasteiger partial charge in [-0.25, -0.2) is 12.7 Å². The largest absolute Gasteiger partial charge is 0.480 e. The van der Waals surface area contributed by atoms with Gasteiger partial charge in [-0.2, -0.15) is 0 Å². The number of hydrogen-bond donors (Lipinski definition) is 1. The number of rotatable bonds is 9. The molecule has 0 aromatic heterocycles. The van der Waals surface area contributed by atoms with E-state index in [2.05, 4.69) is 0 Å². The van der Waals surface area contributed by atoms with E-state index in [1.165, 1.54) is 9.20 Å². The van der Waals surface area contributed by atoms with Crippen molar-refractivity contribution in [3.63, 3.8) is 0 Å². The number of sulfonamides is 1. The van der Waals surface area contributed by atoms with Crippen LogP contribution in [0.1, 0.15) is 19.8 Å². The number of thioether (sulfide) groups is 1. The summed E-state index contributed by atoms with van der Waals surface area (Å²) in [6.07, 6.45) is 1.37. The van der Waals surface area contributed by atoms with E-state index in [0.717, 1.165) is 5.75 Å². The number of hydrogen-bond acceptors (Lipinski definition) is 5. The molecule has 0 amide bonds. The van der Waals surface area contributed by atoms with E-state index in [0.29, 0.717) is 32.5 Å². The van der Waals surface area contributed by atoms with Crippen LogP contribution in [-0.2, 0) is 14.8 Å². The van der Waals surface area contributed by atoms with E-state index in [1.54, 1.807) is 18.7 Å². The second-order valence-corrected chi connectivity index (χ2v) is 9.48. The van der Waals surface area contributed by atoms with E-state index in [4.69, 9.17) is 0 Å². The van der Waals surface area contributed by atoms with E-state index < -0.39 is 16.0 Å². The Balaban J connectivity index is 0.00000338. The van der Waals surface area contributed by atoms with Crippen LogP contribution in [0.4, 0.5) is 0 Å². The molecule has 1 aromatic carbocycles. The van der Waals surface area contributed by atoms with Crippen molar-refractivity contribution in [1.29, 1.82) is 0 Å². The van der Waals surface area contributed by atoms with Gasteiger partial charge in [0.25, 0.3) is 0 Å². The Labute approximate surface area is 166 Å². The van der Waals surface area contributed by atoms with Gasteiger partial charge >= 0.3 is 5.97 Å². The lowest BCUT2D eigenvalue weighted by Crippen LogP contribution is -2.49. The highest BCUT2D eigenvalue weighted by Crippen LogP contribution is 2.21. The molecule has 1 heterocycles. The predicted molar refractivity (Wildman–Crippen MR) is 108 cm³/mol. The number of piperidine rings is 1. The van der Waals surface area contributed by atoms with Gasteiger partial charge in [-0.1, -0.05) is 18.2 Å². The van der Waals surface area contributed by atoms with Crippen molar-refractivity contribution >= 4 is 40.2 Å². The van der Waals surface area contributed by atoms with Crippen molar-refractivity contribution in [2.75, 3.05) is 37.7 Å². The quantitative estimate of drug-likeness (QED) is 0.615. The van der Waals surface area contributed by atoms with E-state index in [9.17, 15) is 18.3 Å². The fraction of sp³-hybridized carbons (Fsp3) is 0.588. The third-order valence-corrected chi connectivity index (χ3v) is 7.30. The maximum atomic E-state index is 12.0. The maximum Gasteiger partial charge on any atom is 0.317 e. The minimum absolute atomic E-state index is 0. The molecule has 0 aliphatic carbocycles. The summed E-state index contributed by atoms with van der Waals surface area (Å²) in [7, 11) is -3.15. The Kier molecular flexibility index (Phi) is 9.95. The lowest BCUT2D eigenvalue weighted by atomic mass is 10.0. The molecule has 0 unspecified atom stereocenters. The van der Waals surface area contributed by atoms with Crippen molar-refractivity contribution in [3.05, 3.63) is 30.3 Å². The number of nitrogens with zero attached hydrogens (tertiary/aromatic N) is 2. The predicted octanol–water partition coefficient (Wildman–Crippen LogP) is 2.40. The van der Waals surface area contributed by atoms with Gasteiger partial charge in [-0.3, -0.25) is 9.69 Å². The summed E-state index contributed by atoms with van der Waals surface area (Å²) in [5, 5.41) is 9.20. The highest BCUT2D eigenvalue weighted by Gasteiger charge is 2.30. The van der Waals surface area contributed by atoms with Crippen molar-refractivity contribution < 1.29 is 18.3 Å². The van der Waals surface area contributed by atoms with Crippen LogP contribution in [-0.4, -0.2) is 72.4 Å². The van der Waals surface area contributed by atoms with Crippen molar-refractivity contribution in [3.8, 4) is 0 Å². The summed E-state index contributed by atoms with van der Waals surface area (Å²) >= 11 is 1.71. The lowest BCUT2D eigenvalue weighted by Gasteiger charge is -2.37. The molecule has 2 rings (SSSR count). The van der Waals surface area contributed by atoms with Gasteiger partial charge < -0.3 is 5.11 Å². The summed E-state index contributed by atoms with van der Waals surface area (Å²) < 4.78 is 25.4. The van der Waals surface area contributed by atoms with Crippen LogP contribution >= 0.6 is 24.2 Å². The molecule has 1 fully saturated rings. The maximum absolute atomic E-state index is 12.0. The molecule has 0 spiro atoms. The van der Waals surface area contributed by atoms with Gasteiger partial charge in [0.05, 0.1) is 12.3 Å². The molecule has 6 nitrogen and oxygen atoms in total. The van der Waals surface area contributed by atoms with Gasteiger partial charge in [-0.05, 0) is 31.9 Å². The Bertz CT molecular complexity index is 650. The molecule has 0 bridgehead atoms.